The zero-order chi connectivity index (χ0) is 19.7. The molecule has 0 unspecified atom stereocenters. The van der Waals surface area contributed by atoms with E-state index >= 15 is 0 Å². The molecule has 27 heavy (non-hydrogen) atoms. The van der Waals surface area contributed by atoms with Crippen molar-refractivity contribution in [3.05, 3.63) is 59.7 Å². The molecular formula is C19H20N2O5S. The molecule has 0 atom stereocenters. The van der Waals surface area contributed by atoms with Crippen LogP contribution in [0.25, 0.3) is 0 Å². The summed E-state index contributed by atoms with van der Waals surface area (Å²) in [5, 5.41) is 8.45. The van der Waals surface area contributed by atoms with Crippen molar-refractivity contribution in [1.29, 1.82) is 5.26 Å². The molecule has 0 fully saturated rings. The molecule has 2 aromatic rings. The lowest BCUT2D eigenvalue weighted by Crippen LogP contribution is -2.24. The Hall–Kier alpha value is -2.89. The molecule has 7 nitrogen and oxygen atoms in total. The smallest absolute Gasteiger partial charge is 0.338 e. The maximum Gasteiger partial charge on any atom is 0.338 e. The molecule has 0 saturated carbocycles. The first-order valence-electron chi connectivity index (χ1n) is 8.25. The van der Waals surface area contributed by atoms with E-state index in [9.17, 15) is 13.2 Å². The van der Waals surface area contributed by atoms with Crippen LogP contribution in [0, 0.1) is 18.3 Å². The number of sulfonamides is 1. The largest absolute Gasteiger partial charge is 0.490 e. The predicted octanol–water partition coefficient (Wildman–Crippen LogP) is 2.42. The van der Waals surface area contributed by atoms with Gasteiger partial charge in [0.15, 0.2) is 0 Å². The van der Waals surface area contributed by atoms with E-state index < -0.39 is 16.0 Å². The summed E-state index contributed by atoms with van der Waals surface area (Å²) in [5.74, 6) is 0.133. The molecule has 8 heteroatoms. The zero-order valence-corrected chi connectivity index (χ0v) is 15.7. The van der Waals surface area contributed by atoms with E-state index in [0.717, 1.165) is 5.56 Å². The second kappa shape index (κ2) is 9.71. The molecule has 2 aromatic carbocycles. The van der Waals surface area contributed by atoms with Crippen molar-refractivity contribution in [1.82, 2.24) is 4.72 Å². The Kier molecular flexibility index (Phi) is 7.34. The van der Waals surface area contributed by atoms with Crippen molar-refractivity contribution in [2.24, 2.45) is 0 Å². The molecule has 0 aliphatic heterocycles. The van der Waals surface area contributed by atoms with Crippen LogP contribution < -0.4 is 9.46 Å². The lowest BCUT2D eigenvalue weighted by atomic mass is 10.2. The van der Waals surface area contributed by atoms with Crippen LogP contribution in [-0.2, 0) is 14.8 Å². The van der Waals surface area contributed by atoms with Gasteiger partial charge in [-0.15, -0.1) is 0 Å². The van der Waals surface area contributed by atoms with Gasteiger partial charge in [-0.1, -0.05) is 12.1 Å². The predicted molar refractivity (Wildman–Crippen MR) is 98.8 cm³/mol. The minimum absolute atomic E-state index is 0.0137. The quantitative estimate of drug-likeness (QED) is 0.522. The van der Waals surface area contributed by atoms with Crippen molar-refractivity contribution in [3.8, 4) is 11.8 Å². The first-order chi connectivity index (χ1) is 12.9. The van der Waals surface area contributed by atoms with Crippen LogP contribution in [0.4, 0.5) is 0 Å². The summed E-state index contributed by atoms with van der Waals surface area (Å²) in [5.41, 5.74) is 1.31. The van der Waals surface area contributed by atoms with Gasteiger partial charge in [0, 0.05) is 13.0 Å². The molecule has 0 aliphatic rings. The number of carbonyl (C=O) groups excluding carboxylic acids is 1. The van der Waals surface area contributed by atoms with Crippen molar-refractivity contribution in [3.63, 3.8) is 0 Å². The minimum Gasteiger partial charge on any atom is -0.490 e. The first-order valence-corrected chi connectivity index (χ1v) is 9.74. The summed E-state index contributed by atoms with van der Waals surface area (Å²) in [4.78, 5) is 12.0. The second-order valence-electron chi connectivity index (χ2n) is 5.63. The maximum atomic E-state index is 12.0. The number of rotatable bonds is 9. The molecule has 0 aromatic heterocycles. The third-order valence-corrected chi connectivity index (χ3v) is 4.98. The number of benzene rings is 2. The minimum atomic E-state index is -3.70. The lowest BCUT2D eigenvalue weighted by Gasteiger charge is -2.09. The molecule has 0 amide bonds. The normalized spacial score (nSPS) is 10.8. The summed E-state index contributed by atoms with van der Waals surface area (Å²) in [7, 11) is -3.70. The van der Waals surface area contributed by atoms with E-state index in [4.69, 9.17) is 14.7 Å². The fourth-order valence-electron chi connectivity index (χ4n) is 2.18. The Labute approximate surface area is 158 Å². The second-order valence-corrected chi connectivity index (χ2v) is 7.40. The number of nitrogens with zero attached hydrogens (tertiary/aromatic N) is 1. The fraction of sp³-hybridized carbons (Fsp3) is 0.263. The number of esters is 1. The summed E-state index contributed by atoms with van der Waals surface area (Å²) in [6.07, 6.45) is 0.0776. The molecule has 0 bridgehead atoms. The van der Waals surface area contributed by atoms with Gasteiger partial charge in [0.25, 0.3) is 0 Å². The van der Waals surface area contributed by atoms with Gasteiger partial charge in [-0.25, -0.2) is 17.9 Å². The van der Waals surface area contributed by atoms with Gasteiger partial charge in [0.1, 0.15) is 19.0 Å². The monoisotopic (exact) mass is 388 g/mol. The summed E-state index contributed by atoms with van der Waals surface area (Å²) in [6, 6.07) is 14.8. The summed E-state index contributed by atoms with van der Waals surface area (Å²) < 4.78 is 36.9. The van der Waals surface area contributed by atoms with Crippen LogP contribution in [0.15, 0.2) is 53.4 Å². The standard InChI is InChI=1S/C19H20N2O5S/c1-15-4-2-5-17(14-15)25-12-13-26-19(22)16-6-8-18(9-7-16)27(23,24)21-11-3-10-20/h2,4-9,14,21H,3,11-13H2,1H3. The van der Waals surface area contributed by atoms with Crippen LogP contribution in [0.3, 0.4) is 0 Å². The summed E-state index contributed by atoms with van der Waals surface area (Å²) >= 11 is 0. The number of nitriles is 1. The van der Waals surface area contributed by atoms with Gasteiger partial charge in [0.2, 0.25) is 10.0 Å². The average molecular weight is 388 g/mol. The molecule has 0 spiro atoms. The number of nitrogens with one attached hydrogen (secondary N) is 1. The zero-order valence-electron chi connectivity index (χ0n) is 14.8. The van der Waals surface area contributed by atoms with Crippen molar-refractivity contribution in [2.75, 3.05) is 19.8 Å². The molecule has 0 heterocycles. The van der Waals surface area contributed by atoms with Gasteiger partial charge in [-0.05, 0) is 48.9 Å². The molecule has 1 N–H and O–H groups in total. The van der Waals surface area contributed by atoms with Crippen LogP contribution >= 0.6 is 0 Å². The molecule has 2 rings (SSSR count). The van der Waals surface area contributed by atoms with Gasteiger partial charge in [-0.3, -0.25) is 0 Å². The van der Waals surface area contributed by atoms with Gasteiger partial charge >= 0.3 is 5.97 Å². The summed E-state index contributed by atoms with van der Waals surface area (Å²) in [6.45, 7) is 2.27. The van der Waals surface area contributed by atoms with Crippen LogP contribution in [-0.4, -0.2) is 34.1 Å². The van der Waals surface area contributed by atoms with Crippen molar-refractivity contribution in [2.45, 2.75) is 18.2 Å². The van der Waals surface area contributed by atoms with Gasteiger partial charge < -0.3 is 9.47 Å². The molecule has 0 saturated heterocycles. The molecular weight excluding hydrogens is 368 g/mol. The number of carbonyl (C=O) groups is 1. The van der Waals surface area contributed by atoms with E-state index in [1.165, 1.54) is 24.3 Å². The molecule has 0 aliphatic carbocycles. The average Bonchev–Trinajstić information content (AvgIpc) is 2.65. The van der Waals surface area contributed by atoms with Crippen LogP contribution in [0.1, 0.15) is 22.3 Å². The third-order valence-electron chi connectivity index (χ3n) is 3.50. The number of hydrogen-bond acceptors (Lipinski definition) is 6. The van der Waals surface area contributed by atoms with E-state index in [2.05, 4.69) is 4.72 Å². The van der Waals surface area contributed by atoms with E-state index in [-0.39, 0.29) is 36.6 Å². The Morgan fingerprint density at radius 2 is 1.89 bits per heavy atom. The Balaban J connectivity index is 1.83. The molecule has 0 radical (unpaired) electrons. The Morgan fingerprint density at radius 3 is 2.56 bits per heavy atom. The maximum absolute atomic E-state index is 12.0. The van der Waals surface area contributed by atoms with E-state index in [1.54, 1.807) is 0 Å². The lowest BCUT2D eigenvalue weighted by molar-refractivity contribution is 0.0450. The molecule has 142 valence electrons. The highest BCUT2D eigenvalue weighted by molar-refractivity contribution is 7.89. The number of ether oxygens (including phenoxy) is 2. The first kappa shape index (κ1) is 20.4. The Bertz CT molecular complexity index is 918. The van der Waals surface area contributed by atoms with Gasteiger partial charge in [0.05, 0.1) is 16.5 Å². The van der Waals surface area contributed by atoms with Crippen LogP contribution in [0.5, 0.6) is 5.75 Å². The third kappa shape index (κ3) is 6.40. The number of aryl methyl sites for hydroxylation is 1. The van der Waals surface area contributed by atoms with Crippen LogP contribution in [0.2, 0.25) is 0 Å². The van der Waals surface area contributed by atoms with E-state index in [0.29, 0.717) is 5.75 Å². The highest BCUT2D eigenvalue weighted by atomic mass is 32.2. The number of hydrogen-bond donors (Lipinski definition) is 1. The highest BCUT2D eigenvalue weighted by Gasteiger charge is 2.15. The fourth-order valence-corrected chi connectivity index (χ4v) is 3.21. The van der Waals surface area contributed by atoms with Crippen molar-refractivity contribution >= 4 is 16.0 Å². The Morgan fingerprint density at radius 1 is 1.15 bits per heavy atom. The highest BCUT2D eigenvalue weighted by Crippen LogP contribution is 2.13. The van der Waals surface area contributed by atoms with Gasteiger partial charge in [-0.2, -0.15) is 5.26 Å². The van der Waals surface area contributed by atoms with E-state index in [1.807, 2.05) is 37.3 Å². The SMILES string of the molecule is Cc1cccc(OCCOC(=O)c2ccc(S(=O)(=O)NCCC#N)cc2)c1. The van der Waals surface area contributed by atoms with Crippen molar-refractivity contribution < 1.29 is 22.7 Å². The topological polar surface area (TPSA) is 105 Å².